The summed E-state index contributed by atoms with van der Waals surface area (Å²) in [5, 5.41) is 2.92. The Morgan fingerprint density at radius 3 is 2.95 bits per heavy atom. The number of hydrogen-bond donors (Lipinski definition) is 2. The summed E-state index contributed by atoms with van der Waals surface area (Å²) in [6.45, 7) is 0.180. The molecule has 0 atom stereocenters. The van der Waals surface area contributed by atoms with Crippen LogP contribution in [0.5, 0.6) is 11.5 Å². The van der Waals surface area contributed by atoms with E-state index in [4.69, 9.17) is 26.8 Å². The van der Waals surface area contributed by atoms with Gasteiger partial charge in [0.1, 0.15) is 5.15 Å². The topological polar surface area (TPSA) is 86.5 Å². The van der Waals surface area contributed by atoms with Crippen LogP contribution in [0.1, 0.15) is 10.4 Å². The lowest BCUT2D eigenvalue weighted by atomic mass is 10.2. The second kappa shape index (κ2) is 4.90. The zero-order valence-electron chi connectivity index (χ0n) is 10.2. The molecule has 0 aliphatic carbocycles. The van der Waals surface area contributed by atoms with E-state index in [0.717, 1.165) is 0 Å². The lowest BCUT2D eigenvalue weighted by Crippen LogP contribution is -2.14. The number of nitrogen functional groups attached to an aromatic ring is 1. The van der Waals surface area contributed by atoms with Gasteiger partial charge in [0, 0.05) is 11.8 Å². The van der Waals surface area contributed by atoms with Crippen LogP contribution in [0.15, 0.2) is 30.5 Å². The van der Waals surface area contributed by atoms with Gasteiger partial charge in [-0.1, -0.05) is 11.6 Å². The molecule has 1 aromatic heterocycles. The van der Waals surface area contributed by atoms with Gasteiger partial charge in [-0.3, -0.25) is 4.79 Å². The molecule has 20 heavy (non-hydrogen) atoms. The van der Waals surface area contributed by atoms with E-state index in [9.17, 15) is 4.79 Å². The molecule has 0 unspecified atom stereocenters. The molecule has 6 nitrogen and oxygen atoms in total. The largest absolute Gasteiger partial charge is 0.454 e. The van der Waals surface area contributed by atoms with E-state index in [0.29, 0.717) is 17.2 Å². The van der Waals surface area contributed by atoms with Crippen molar-refractivity contribution in [2.45, 2.75) is 0 Å². The molecule has 0 spiro atoms. The van der Waals surface area contributed by atoms with Gasteiger partial charge in [-0.15, -0.1) is 0 Å². The number of halogens is 1. The van der Waals surface area contributed by atoms with E-state index in [1.54, 1.807) is 18.2 Å². The zero-order chi connectivity index (χ0) is 14.1. The van der Waals surface area contributed by atoms with Crippen LogP contribution in [0.4, 0.5) is 11.4 Å². The molecule has 1 aliphatic heterocycles. The molecule has 3 N–H and O–H groups in total. The SMILES string of the molecule is Nc1cnc(Cl)cc1C(=O)Nc1ccc2c(c1)OCO2. The lowest BCUT2D eigenvalue weighted by molar-refractivity contribution is 0.102. The van der Waals surface area contributed by atoms with E-state index in [1.807, 2.05) is 0 Å². The van der Waals surface area contributed by atoms with Crippen LogP contribution in [0.25, 0.3) is 0 Å². The van der Waals surface area contributed by atoms with Gasteiger partial charge in [-0.2, -0.15) is 0 Å². The minimum absolute atomic E-state index is 0.180. The highest BCUT2D eigenvalue weighted by molar-refractivity contribution is 6.30. The van der Waals surface area contributed by atoms with Crippen molar-refractivity contribution in [2.75, 3.05) is 17.8 Å². The number of hydrogen-bond acceptors (Lipinski definition) is 5. The number of aromatic nitrogens is 1. The van der Waals surface area contributed by atoms with Crippen molar-refractivity contribution in [3.8, 4) is 11.5 Å². The Hall–Kier alpha value is -2.47. The molecule has 7 heteroatoms. The second-order valence-corrected chi connectivity index (χ2v) is 4.50. The maximum atomic E-state index is 12.1. The highest BCUT2D eigenvalue weighted by Crippen LogP contribution is 2.34. The number of carbonyl (C=O) groups excluding carboxylic acids is 1. The summed E-state index contributed by atoms with van der Waals surface area (Å²) in [6, 6.07) is 6.53. The van der Waals surface area contributed by atoms with Gasteiger partial charge in [-0.05, 0) is 18.2 Å². The number of ether oxygens (including phenoxy) is 2. The van der Waals surface area contributed by atoms with Crippen molar-refractivity contribution in [1.29, 1.82) is 0 Å². The number of nitrogens with one attached hydrogen (secondary N) is 1. The monoisotopic (exact) mass is 291 g/mol. The number of fused-ring (bicyclic) bond motifs is 1. The zero-order valence-corrected chi connectivity index (χ0v) is 11.0. The molecule has 3 rings (SSSR count). The number of amides is 1. The molecule has 1 amide bonds. The maximum Gasteiger partial charge on any atom is 0.257 e. The summed E-state index contributed by atoms with van der Waals surface area (Å²) < 4.78 is 10.4. The Bertz CT molecular complexity index is 691. The summed E-state index contributed by atoms with van der Waals surface area (Å²) in [7, 11) is 0. The molecular weight excluding hydrogens is 282 g/mol. The van der Waals surface area contributed by atoms with Gasteiger partial charge < -0.3 is 20.5 Å². The van der Waals surface area contributed by atoms with Crippen LogP contribution in [0, 0.1) is 0 Å². The van der Waals surface area contributed by atoms with Gasteiger partial charge in [0.05, 0.1) is 17.4 Å². The minimum atomic E-state index is -0.370. The summed E-state index contributed by atoms with van der Waals surface area (Å²) >= 11 is 5.76. The third-order valence-corrected chi connectivity index (χ3v) is 2.98. The molecule has 2 heterocycles. The molecular formula is C13H10ClN3O3. The third kappa shape index (κ3) is 2.33. The van der Waals surface area contributed by atoms with E-state index < -0.39 is 0 Å². The van der Waals surface area contributed by atoms with E-state index in [-0.39, 0.29) is 29.1 Å². The Morgan fingerprint density at radius 1 is 1.30 bits per heavy atom. The van der Waals surface area contributed by atoms with Crippen LogP contribution in [-0.2, 0) is 0 Å². The second-order valence-electron chi connectivity index (χ2n) is 4.12. The first kappa shape index (κ1) is 12.6. The predicted octanol–water partition coefficient (Wildman–Crippen LogP) is 2.30. The van der Waals surface area contributed by atoms with Crippen LogP contribution in [0.3, 0.4) is 0 Å². The Morgan fingerprint density at radius 2 is 2.10 bits per heavy atom. The quantitative estimate of drug-likeness (QED) is 0.829. The number of carbonyl (C=O) groups is 1. The van der Waals surface area contributed by atoms with Crippen LogP contribution >= 0.6 is 11.6 Å². The van der Waals surface area contributed by atoms with Crippen molar-refractivity contribution >= 4 is 28.9 Å². The first-order valence-corrected chi connectivity index (χ1v) is 6.13. The lowest BCUT2D eigenvalue weighted by Gasteiger charge is -2.08. The van der Waals surface area contributed by atoms with Crippen molar-refractivity contribution < 1.29 is 14.3 Å². The highest BCUT2D eigenvalue weighted by atomic mass is 35.5. The third-order valence-electron chi connectivity index (χ3n) is 2.78. The Labute approximate surface area is 119 Å². The van der Waals surface area contributed by atoms with E-state index in [1.165, 1.54) is 12.3 Å². The van der Waals surface area contributed by atoms with Crippen LogP contribution in [0.2, 0.25) is 5.15 Å². The molecule has 0 fully saturated rings. The highest BCUT2D eigenvalue weighted by Gasteiger charge is 2.16. The normalized spacial score (nSPS) is 12.2. The molecule has 1 aromatic carbocycles. The van der Waals surface area contributed by atoms with Gasteiger partial charge in [0.2, 0.25) is 6.79 Å². The van der Waals surface area contributed by atoms with Gasteiger partial charge in [-0.25, -0.2) is 4.98 Å². The molecule has 0 radical (unpaired) electrons. The maximum absolute atomic E-state index is 12.1. The fraction of sp³-hybridized carbons (Fsp3) is 0.0769. The van der Waals surface area contributed by atoms with Crippen molar-refractivity contribution in [3.63, 3.8) is 0 Å². The molecule has 102 valence electrons. The molecule has 0 saturated heterocycles. The minimum Gasteiger partial charge on any atom is -0.454 e. The molecule has 1 aliphatic rings. The fourth-order valence-corrected chi connectivity index (χ4v) is 1.97. The predicted molar refractivity (Wildman–Crippen MR) is 74.2 cm³/mol. The fourth-order valence-electron chi connectivity index (χ4n) is 1.81. The average molecular weight is 292 g/mol. The number of anilines is 2. The van der Waals surface area contributed by atoms with Crippen molar-refractivity contribution in [1.82, 2.24) is 4.98 Å². The number of nitrogens with zero attached hydrogens (tertiary/aromatic N) is 1. The van der Waals surface area contributed by atoms with Crippen LogP contribution < -0.4 is 20.5 Å². The van der Waals surface area contributed by atoms with Crippen LogP contribution in [-0.4, -0.2) is 17.7 Å². The van der Waals surface area contributed by atoms with Crippen molar-refractivity contribution in [2.24, 2.45) is 0 Å². The van der Waals surface area contributed by atoms with E-state index in [2.05, 4.69) is 10.3 Å². The number of rotatable bonds is 2. The average Bonchev–Trinajstić information content (AvgIpc) is 2.89. The first-order valence-electron chi connectivity index (χ1n) is 5.75. The summed E-state index contributed by atoms with van der Waals surface area (Å²) in [6.07, 6.45) is 1.34. The summed E-state index contributed by atoms with van der Waals surface area (Å²) in [4.78, 5) is 15.9. The van der Waals surface area contributed by atoms with Gasteiger partial charge in [0.25, 0.3) is 5.91 Å². The number of benzene rings is 1. The van der Waals surface area contributed by atoms with Crippen molar-refractivity contribution in [3.05, 3.63) is 41.2 Å². The Balaban J connectivity index is 1.84. The van der Waals surface area contributed by atoms with Gasteiger partial charge >= 0.3 is 0 Å². The summed E-state index contributed by atoms with van der Waals surface area (Å²) in [5.41, 5.74) is 6.81. The smallest absolute Gasteiger partial charge is 0.257 e. The number of pyridine rings is 1. The Kier molecular flexibility index (Phi) is 3.08. The molecule has 0 saturated carbocycles. The molecule has 0 bridgehead atoms. The first-order chi connectivity index (χ1) is 9.63. The summed E-state index contributed by atoms with van der Waals surface area (Å²) in [5.74, 6) is 0.865. The number of nitrogens with two attached hydrogens (primary N) is 1. The van der Waals surface area contributed by atoms with Gasteiger partial charge in [0.15, 0.2) is 11.5 Å². The standard InChI is InChI=1S/C13H10ClN3O3/c14-12-4-8(9(15)5-16-12)13(18)17-7-1-2-10-11(3-7)20-6-19-10/h1-5H,6,15H2,(H,17,18). The van der Waals surface area contributed by atoms with E-state index >= 15 is 0 Å². The molecule has 2 aromatic rings.